The Hall–Kier alpha value is -2.23. The summed E-state index contributed by atoms with van der Waals surface area (Å²) in [6, 6.07) is 8.90. The second-order valence-electron chi connectivity index (χ2n) is 3.50. The molecule has 17 heavy (non-hydrogen) atoms. The van der Waals surface area contributed by atoms with Crippen LogP contribution in [0.5, 0.6) is 5.75 Å². The molecule has 2 aromatic rings. The first-order chi connectivity index (χ1) is 8.31. The highest BCUT2D eigenvalue weighted by atomic mass is 16.5. The number of aromatic nitrogens is 2. The standard InChI is InChI=1S/C13H12N2O2/c1-17-13-5-3-2-4-11(13)12(16)8-10-6-7-14-9-15-10/h2-7,9H,8H2,1H3. The van der Waals surface area contributed by atoms with Crippen molar-refractivity contribution in [3.8, 4) is 5.75 Å². The fraction of sp³-hybridized carbons (Fsp3) is 0.154. The Morgan fingerprint density at radius 1 is 1.29 bits per heavy atom. The number of Topliss-reactive ketones (excluding diaryl/α,β-unsaturated/α-hetero) is 1. The van der Waals surface area contributed by atoms with Gasteiger partial charge in [-0.2, -0.15) is 0 Å². The number of ether oxygens (including phenoxy) is 1. The van der Waals surface area contributed by atoms with E-state index in [0.29, 0.717) is 17.0 Å². The van der Waals surface area contributed by atoms with Crippen LogP contribution in [0.1, 0.15) is 16.1 Å². The number of rotatable bonds is 4. The molecule has 1 aromatic carbocycles. The van der Waals surface area contributed by atoms with Crippen LogP contribution in [-0.2, 0) is 6.42 Å². The summed E-state index contributed by atoms with van der Waals surface area (Å²) < 4.78 is 5.15. The molecule has 0 saturated carbocycles. The zero-order valence-electron chi connectivity index (χ0n) is 9.46. The maximum absolute atomic E-state index is 12.1. The predicted molar refractivity (Wildman–Crippen MR) is 63.1 cm³/mol. The zero-order valence-corrected chi connectivity index (χ0v) is 9.46. The summed E-state index contributed by atoms with van der Waals surface area (Å²) >= 11 is 0. The normalized spacial score (nSPS) is 9.94. The van der Waals surface area contributed by atoms with Gasteiger partial charge in [0.05, 0.1) is 24.8 Å². The van der Waals surface area contributed by atoms with Crippen molar-refractivity contribution in [1.82, 2.24) is 9.97 Å². The molecular weight excluding hydrogens is 216 g/mol. The van der Waals surface area contributed by atoms with Crippen molar-refractivity contribution in [2.75, 3.05) is 7.11 Å². The van der Waals surface area contributed by atoms with Crippen molar-refractivity contribution in [2.24, 2.45) is 0 Å². The van der Waals surface area contributed by atoms with Crippen molar-refractivity contribution < 1.29 is 9.53 Å². The first-order valence-corrected chi connectivity index (χ1v) is 5.22. The molecule has 1 aromatic heterocycles. The van der Waals surface area contributed by atoms with E-state index in [9.17, 15) is 4.79 Å². The second kappa shape index (κ2) is 5.21. The summed E-state index contributed by atoms with van der Waals surface area (Å²) in [4.78, 5) is 19.9. The molecule has 0 spiro atoms. The number of methoxy groups -OCH3 is 1. The maximum Gasteiger partial charge on any atom is 0.172 e. The Kier molecular flexibility index (Phi) is 3.45. The highest BCUT2D eigenvalue weighted by molar-refractivity contribution is 5.99. The Bertz CT molecular complexity index is 512. The topological polar surface area (TPSA) is 52.1 Å². The highest BCUT2D eigenvalue weighted by Gasteiger charge is 2.12. The molecule has 1 heterocycles. The van der Waals surface area contributed by atoms with Crippen LogP contribution in [0.4, 0.5) is 0 Å². The van der Waals surface area contributed by atoms with Gasteiger partial charge in [-0.3, -0.25) is 4.79 Å². The van der Waals surface area contributed by atoms with Crippen LogP contribution in [-0.4, -0.2) is 22.9 Å². The lowest BCUT2D eigenvalue weighted by Crippen LogP contribution is -2.06. The molecule has 4 heteroatoms. The monoisotopic (exact) mass is 228 g/mol. The zero-order chi connectivity index (χ0) is 12.1. The van der Waals surface area contributed by atoms with Gasteiger partial charge in [0.2, 0.25) is 0 Å². The molecule has 0 amide bonds. The third-order valence-electron chi connectivity index (χ3n) is 2.39. The van der Waals surface area contributed by atoms with Crippen molar-refractivity contribution in [3.63, 3.8) is 0 Å². The van der Waals surface area contributed by atoms with Gasteiger partial charge in [0.15, 0.2) is 5.78 Å². The molecule has 0 atom stereocenters. The van der Waals surface area contributed by atoms with Crippen LogP contribution >= 0.6 is 0 Å². The summed E-state index contributed by atoms with van der Waals surface area (Å²) in [7, 11) is 1.55. The summed E-state index contributed by atoms with van der Waals surface area (Å²) in [6.07, 6.45) is 3.31. The Balaban J connectivity index is 2.20. The van der Waals surface area contributed by atoms with E-state index in [1.54, 1.807) is 31.5 Å². The summed E-state index contributed by atoms with van der Waals surface area (Å²) in [5, 5.41) is 0. The lowest BCUT2D eigenvalue weighted by atomic mass is 10.1. The number of para-hydroxylation sites is 1. The fourth-order valence-electron chi connectivity index (χ4n) is 1.56. The fourth-order valence-corrected chi connectivity index (χ4v) is 1.56. The Labute approximate surface area is 99.3 Å². The third kappa shape index (κ3) is 2.66. The van der Waals surface area contributed by atoms with Crippen LogP contribution in [0.25, 0.3) is 0 Å². The van der Waals surface area contributed by atoms with E-state index in [-0.39, 0.29) is 12.2 Å². The van der Waals surface area contributed by atoms with E-state index in [2.05, 4.69) is 9.97 Å². The average molecular weight is 228 g/mol. The summed E-state index contributed by atoms with van der Waals surface area (Å²) in [6.45, 7) is 0. The average Bonchev–Trinajstić information content (AvgIpc) is 2.40. The van der Waals surface area contributed by atoms with Crippen LogP contribution in [0.15, 0.2) is 42.9 Å². The largest absolute Gasteiger partial charge is 0.496 e. The number of nitrogens with zero attached hydrogens (tertiary/aromatic N) is 2. The number of ketones is 1. The minimum Gasteiger partial charge on any atom is -0.496 e. The van der Waals surface area contributed by atoms with Crippen LogP contribution < -0.4 is 4.74 Å². The molecule has 0 unspecified atom stereocenters. The predicted octanol–water partition coefficient (Wildman–Crippen LogP) is 1.91. The molecule has 0 aliphatic heterocycles. The minimum atomic E-state index is -0.0128. The number of carbonyl (C=O) groups excluding carboxylic acids is 1. The van der Waals surface area contributed by atoms with E-state index in [4.69, 9.17) is 4.74 Å². The van der Waals surface area contributed by atoms with Crippen molar-refractivity contribution in [1.29, 1.82) is 0 Å². The Morgan fingerprint density at radius 2 is 2.12 bits per heavy atom. The van der Waals surface area contributed by atoms with Crippen LogP contribution in [0.2, 0.25) is 0 Å². The quantitative estimate of drug-likeness (QED) is 0.750. The van der Waals surface area contributed by atoms with E-state index in [0.717, 1.165) is 0 Å². The van der Waals surface area contributed by atoms with Gasteiger partial charge in [0, 0.05) is 6.20 Å². The smallest absolute Gasteiger partial charge is 0.172 e. The van der Waals surface area contributed by atoms with Gasteiger partial charge in [-0.15, -0.1) is 0 Å². The second-order valence-corrected chi connectivity index (χ2v) is 3.50. The molecule has 4 nitrogen and oxygen atoms in total. The maximum atomic E-state index is 12.1. The summed E-state index contributed by atoms with van der Waals surface area (Å²) in [5.41, 5.74) is 1.28. The summed E-state index contributed by atoms with van der Waals surface area (Å²) in [5.74, 6) is 0.577. The molecule has 0 saturated heterocycles. The number of benzene rings is 1. The van der Waals surface area contributed by atoms with Gasteiger partial charge < -0.3 is 4.74 Å². The van der Waals surface area contributed by atoms with E-state index in [1.165, 1.54) is 6.33 Å². The number of carbonyl (C=O) groups is 1. The van der Waals surface area contributed by atoms with Crippen molar-refractivity contribution in [3.05, 3.63) is 54.1 Å². The van der Waals surface area contributed by atoms with Crippen molar-refractivity contribution in [2.45, 2.75) is 6.42 Å². The molecule has 0 bridgehead atoms. The number of hydrogen-bond donors (Lipinski definition) is 0. The van der Waals surface area contributed by atoms with Crippen LogP contribution in [0.3, 0.4) is 0 Å². The van der Waals surface area contributed by atoms with E-state index in [1.807, 2.05) is 12.1 Å². The van der Waals surface area contributed by atoms with Gasteiger partial charge in [-0.25, -0.2) is 9.97 Å². The Morgan fingerprint density at radius 3 is 2.82 bits per heavy atom. The van der Waals surface area contributed by atoms with Gasteiger partial charge in [0.25, 0.3) is 0 Å². The molecule has 2 rings (SSSR count). The highest BCUT2D eigenvalue weighted by Crippen LogP contribution is 2.18. The van der Waals surface area contributed by atoms with Gasteiger partial charge in [-0.1, -0.05) is 12.1 Å². The minimum absolute atomic E-state index is 0.0128. The lowest BCUT2D eigenvalue weighted by Gasteiger charge is -2.06. The molecule has 0 aliphatic rings. The van der Waals surface area contributed by atoms with Crippen molar-refractivity contribution >= 4 is 5.78 Å². The molecular formula is C13H12N2O2. The van der Waals surface area contributed by atoms with Gasteiger partial charge in [-0.05, 0) is 18.2 Å². The van der Waals surface area contributed by atoms with E-state index >= 15 is 0 Å². The van der Waals surface area contributed by atoms with Gasteiger partial charge >= 0.3 is 0 Å². The first-order valence-electron chi connectivity index (χ1n) is 5.22. The third-order valence-corrected chi connectivity index (χ3v) is 2.39. The molecule has 0 aliphatic carbocycles. The lowest BCUT2D eigenvalue weighted by molar-refractivity contribution is 0.0989. The molecule has 0 N–H and O–H groups in total. The van der Waals surface area contributed by atoms with Gasteiger partial charge in [0.1, 0.15) is 12.1 Å². The number of hydrogen-bond acceptors (Lipinski definition) is 4. The molecule has 0 fully saturated rings. The first kappa shape index (κ1) is 11.3. The molecule has 0 radical (unpaired) electrons. The van der Waals surface area contributed by atoms with Crippen LogP contribution in [0, 0.1) is 0 Å². The SMILES string of the molecule is COc1ccccc1C(=O)Cc1ccncn1. The molecule has 86 valence electrons. The van der Waals surface area contributed by atoms with E-state index < -0.39 is 0 Å².